The van der Waals surface area contributed by atoms with Gasteiger partial charge >= 0.3 is 0 Å². The van der Waals surface area contributed by atoms with Crippen LogP contribution in [0.5, 0.6) is 5.75 Å². The first-order valence-electron chi connectivity index (χ1n) is 5.88. The monoisotopic (exact) mass is 234 g/mol. The molecule has 0 radical (unpaired) electrons. The molecule has 1 aromatic carbocycles. The Morgan fingerprint density at radius 2 is 2.29 bits per heavy atom. The van der Waals surface area contributed by atoms with Gasteiger partial charge in [-0.05, 0) is 31.9 Å². The highest BCUT2D eigenvalue weighted by molar-refractivity contribution is 5.79. The van der Waals surface area contributed by atoms with Gasteiger partial charge in [-0.3, -0.25) is 0 Å². The third kappa shape index (κ3) is 2.77. The van der Waals surface area contributed by atoms with E-state index < -0.39 is 0 Å². The average Bonchev–Trinajstić information content (AvgIpc) is 2.70. The minimum atomic E-state index is 0.230. The van der Waals surface area contributed by atoms with Crippen molar-refractivity contribution < 1.29 is 9.15 Å². The fourth-order valence-electron chi connectivity index (χ4n) is 1.82. The van der Waals surface area contributed by atoms with E-state index in [1.807, 2.05) is 25.1 Å². The highest BCUT2D eigenvalue weighted by atomic mass is 16.5. The third-order valence-electron chi connectivity index (χ3n) is 2.70. The van der Waals surface area contributed by atoms with Gasteiger partial charge in [-0.2, -0.15) is 0 Å². The molecule has 2 rings (SSSR count). The molecule has 0 saturated carbocycles. The molecule has 17 heavy (non-hydrogen) atoms. The van der Waals surface area contributed by atoms with Crippen molar-refractivity contribution in [3.63, 3.8) is 0 Å². The summed E-state index contributed by atoms with van der Waals surface area (Å²) >= 11 is 0. The number of para-hydroxylation sites is 1. The van der Waals surface area contributed by atoms with Crippen LogP contribution in [0.4, 0.5) is 0 Å². The highest BCUT2D eigenvalue weighted by Crippen LogP contribution is 2.25. The van der Waals surface area contributed by atoms with Gasteiger partial charge in [-0.25, -0.2) is 4.98 Å². The van der Waals surface area contributed by atoms with Gasteiger partial charge < -0.3 is 14.9 Å². The Morgan fingerprint density at radius 1 is 1.47 bits per heavy atom. The van der Waals surface area contributed by atoms with E-state index in [9.17, 15) is 0 Å². The van der Waals surface area contributed by atoms with E-state index in [0.29, 0.717) is 0 Å². The van der Waals surface area contributed by atoms with Crippen LogP contribution in [0.25, 0.3) is 11.1 Å². The number of aromatic nitrogens is 1. The number of nitrogens with two attached hydrogens (primary N) is 1. The van der Waals surface area contributed by atoms with Gasteiger partial charge in [0, 0.05) is 12.5 Å². The smallest absolute Gasteiger partial charge is 0.195 e. The van der Waals surface area contributed by atoms with E-state index in [0.717, 1.165) is 42.0 Å². The van der Waals surface area contributed by atoms with E-state index in [-0.39, 0.29) is 6.04 Å². The van der Waals surface area contributed by atoms with Crippen molar-refractivity contribution in [2.45, 2.75) is 32.2 Å². The summed E-state index contributed by atoms with van der Waals surface area (Å²) in [6, 6.07) is 5.92. The van der Waals surface area contributed by atoms with Gasteiger partial charge in [0.05, 0.1) is 7.11 Å². The lowest BCUT2D eigenvalue weighted by molar-refractivity contribution is 0.419. The van der Waals surface area contributed by atoms with Crippen molar-refractivity contribution in [1.29, 1.82) is 0 Å². The largest absolute Gasteiger partial charge is 0.494 e. The minimum absolute atomic E-state index is 0.230. The van der Waals surface area contributed by atoms with Crippen LogP contribution in [0.15, 0.2) is 22.6 Å². The Labute approximate surface area is 101 Å². The van der Waals surface area contributed by atoms with Crippen molar-refractivity contribution in [1.82, 2.24) is 4.98 Å². The van der Waals surface area contributed by atoms with E-state index >= 15 is 0 Å². The molecule has 0 bridgehead atoms. The molecule has 0 aliphatic carbocycles. The first-order valence-corrected chi connectivity index (χ1v) is 5.88. The van der Waals surface area contributed by atoms with Crippen LogP contribution >= 0.6 is 0 Å². The third-order valence-corrected chi connectivity index (χ3v) is 2.70. The van der Waals surface area contributed by atoms with E-state index in [2.05, 4.69) is 4.98 Å². The van der Waals surface area contributed by atoms with Crippen molar-refractivity contribution in [3.8, 4) is 5.75 Å². The summed E-state index contributed by atoms with van der Waals surface area (Å²) in [6.45, 7) is 2.01. The summed E-state index contributed by atoms with van der Waals surface area (Å²) in [5.41, 5.74) is 7.28. The Balaban J connectivity index is 2.14. The van der Waals surface area contributed by atoms with Crippen molar-refractivity contribution in [2.24, 2.45) is 5.73 Å². The summed E-state index contributed by atoms with van der Waals surface area (Å²) < 4.78 is 10.9. The Morgan fingerprint density at radius 3 is 3.00 bits per heavy atom. The second kappa shape index (κ2) is 5.19. The average molecular weight is 234 g/mol. The molecule has 1 atom stereocenters. The Hall–Kier alpha value is -1.55. The maximum Gasteiger partial charge on any atom is 0.195 e. The zero-order chi connectivity index (χ0) is 12.3. The number of benzene rings is 1. The fraction of sp³-hybridized carbons (Fsp3) is 0.462. The number of ether oxygens (including phenoxy) is 1. The Kier molecular flexibility index (Phi) is 3.64. The first kappa shape index (κ1) is 11.9. The van der Waals surface area contributed by atoms with Gasteiger partial charge in [0.15, 0.2) is 17.0 Å². The van der Waals surface area contributed by atoms with E-state index in [1.165, 1.54) is 0 Å². The Bertz CT molecular complexity index is 491. The zero-order valence-corrected chi connectivity index (χ0v) is 10.3. The molecule has 0 fully saturated rings. The van der Waals surface area contributed by atoms with Crippen LogP contribution in [-0.4, -0.2) is 18.1 Å². The van der Waals surface area contributed by atoms with Crippen LogP contribution in [0, 0.1) is 0 Å². The molecule has 1 aromatic heterocycles. The maximum absolute atomic E-state index is 5.71. The van der Waals surface area contributed by atoms with Gasteiger partial charge in [-0.1, -0.05) is 6.07 Å². The lowest BCUT2D eigenvalue weighted by Crippen LogP contribution is -2.14. The molecular formula is C13H18N2O2. The second-order valence-electron chi connectivity index (χ2n) is 4.28. The molecular weight excluding hydrogens is 216 g/mol. The first-order chi connectivity index (χ1) is 8.20. The van der Waals surface area contributed by atoms with Crippen molar-refractivity contribution in [2.75, 3.05) is 7.11 Å². The van der Waals surface area contributed by atoms with Crippen LogP contribution < -0.4 is 10.5 Å². The molecule has 4 heteroatoms. The van der Waals surface area contributed by atoms with Gasteiger partial charge in [0.2, 0.25) is 0 Å². The fourth-order valence-corrected chi connectivity index (χ4v) is 1.82. The minimum Gasteiger partial charge on any atom is -0.494 e. The molecule has 1 unspecified atom stereocenters. The number of fused-ring (bicyclic) bond motifs is 1. The number of oxazole rings is 1. The molecule has 2 N–H and O–H groups in total. The topological polar surface area (TPSA) is 61.3 Å². The number of hydrogen-bond donors (Lipinski definition) is 1. The van der Waals surface area contributed by atoms with E-state index in [4.69, 9.17) is 14.9 Å². The summed E-state index contributed by atoms with van der Waals surface area (Å²) in [5.74, 6) is 1.51. The number of nitrogens with zero attached hydrogens (tertiary/aromatic N) is 1. The normalized spacial score (nSPS) is 12.9. The summed E-state index contributed by atoms with van der Waals surface area (Å²) in [7, 11) is 1.64. The molecule has 2 aromatic rings. The van der Waals surface area contributed by atoms with Crippen LogP contribution in [0.2, 0.25) is 0 Å². The second-order valence-corrected chi connectivity index (χ2v) is 4.28. The summed E-state index contributed by atoms with van der Waals surface area (Å²) in [6.07, 6.45) is 2.79. The predicted octanol–water partition coefficient (Wildman–Crippen LogP) is 2.51. The van der Waals surface area contributed by atoms with Gasteiger partial charge in [-0.15, -0.1) is 0 Å². The zero-order valence-electron chi connectivity index (χ0n) is 10.3. The standard InChI is InChI=1S/C13H18N2O2/c1-9(14)5-3-8-12-15-13-10(16-2)6-4-7-11(13)17-12/h4,6-7,9H,3,5,8,14H2,1-2H3. The molecule has 0 spiro atoms. The molecule has 4 nitrogen and oxygen atoms in total. The lowest BCUT2D eigenvalue weighted by Gasteiger charge is -2.01. The highest BCUT2D eigenvalue weighted by Gasteiger charge is 2.09. The lowest BCUT2D eigenvalue weighted by atomic mass is 10.1. The van der Waals surface area contributed by atoms with E-state index in [1.54, 1.807) is 7.11 Å². The summed E-state index contributed by atoms with van der Waals surface area (Å²) in [5, 5.41) is 0. The quantitative estimate of drug-likeness (QED) is 0.863. The van der Waals surface area contributed by atoms with Crippen LogP contribution in [0.1, 0.15) is 25.7 Å². The summed E-state index contributed by atoms with van der Waals surface area (Å²) in [4.78, 5) is 4.45. The number of methoxy groups -OCH3 is 1. The number of hydrogen-bond acceptors (Lipinski definition) is 4. The van der Waals surface area contributed by atoms with Crippen molar-refractivity contribution >= 4 is 11.1 Å². The molecule has 0 amide bonds. The predicted molar refractivity (Wildman–Crippen MR) is 67.1 cm³/mol. The van der Waals surface area contributed by atoms with Gasteiger partial charge in [0.1, 0.15) is 5.75 Å². The molecule has 0 saturated heterocycles. The number of aryl methyl sites for hydroxylation is 1. The maximum atomic E-state index is 5.71. The van der Waals surface area contributed by atoms with Crippen molar-refractivity contribution in [3.05, 3.63) is 24.1 Å². The SMILES string of the molecule is COc1cccc2oc(CCCC(C)N)nc12. The molecule has 0 aliphatic heterocycles. The number of rotatable bonds is 5. The van der Waals surface area contributed by atoms with Crippen LogP contribution in [-0.2, 0) is 6.42 Å². The van der Waals surface area contributed by atoms with Crippen LogP contribution in [0.3, 0.4) is 0 Å². The molecule has 0 aliphatic rings. The molecule has 1 heterocycles. The van der Waals surface area contributed by atoms with Gasteiger partial charge in [0.25, 0.3) is 0 Å². The molecule has 92 valence electrons.